The molecule has 2 aromatic rings. The summed E-state index contributed by atoms with van der Waals surface area (Å²) in [5.74, 6) is 0.733. The third-order valence-corrected chi connectivity index (χ3v) is 5.06. The molecule has 1 N–H and O–H groups in total. The summed E-state index contributed by atoms with van der Waals surface area (Å²) in [6.07, 6.45) is -1.82. The molecule has 10 nitrogen and oxygen atoms in total. The molecular formula is C18H19F3N6O4. The van der Waals surface area contributed by atoms with Crippen LogP contribution in [0, 0.1) is 20.2 Å². The molecule has 1 saturated heterocycles. The fraction of sp³-hybridized carbons (Fsp3) is 0.444. The number of nitro groups is 2. The van der Waals surface area contributed by atoms with Crippen molar-refractivity contribution in [3.63, 3.8) is 0 Å². The summed E-state index contributed by atoms with van der Waals surface area (Å²) in [4.78, 5) is 31.0. The molecule has 0 bridgehead atoms. The van der Waals surface area contributed by atoms with Crippen LogP contribution in [0.4, 0.5) is 36.1 Å². The first kappa shape index (κ1) is 22.2. The number of anilines is 2. The minimum Gasteiger partial charge on any atom is -0.371 e. The second-order valence-electron chi connectivity index (χ2n) is 7.03. The first-order valence-corrected chi connectivity index (χ1v) is 9.46. The number of piperidine rings is 1. The lowest BCUT2D eigenvalue weighted by molar-refractivity contribution is -0.392. The second-order valence-corrected chi connectivity index (χ2v) is 7.03. The van der Waals surface area contributed by atoms with Gasteiger partial charge in [-0.15, -0.1) is 0 Å². The molecule has 0 amide bonds. The van der Waals surface area contributed by atoms with E-state index in [-0.39, 0.29) is 0 Å². The summed E-state index contributed by atoms with van der Waals surface area (Å²) < 4.78 is 39.1. The molecule has 2 heterocycles. The Bertz CT molecular complexity index is 957. The largest absolute Gasteiger partial charge is 0.416 e. The molecule has 0 atom stereocenters. The van der Waals surface area contributed by atoms with Crippen molar-refractivity contribution in [2.45, 2.75) is 38.4 Å². The van der Waals surface area contributed by atoms with Crippen molar-refractivity contribution in [3.05, 3.63) is 56.0 Å². The maximum Gasteiger partial charge on any atom is 0.416 e. The zero-order chi connectivity index (χ0) is 22.8. The lowest BCUT2D eigenvalue weighted by Gasteiger charge is -2.33. The molecule has 3 rings (SSSR count). The minimum atomic E-state index is -4.95. The molecule has 13 heteroatoms. The molecule has 1 aromatic heterocycles. The molecule has 1 aliphatic rings. The number of nitro benzene ring substituents is 2. The van der Waals surface area contributed by atoms with E-state index in [2.05, 4.69) is 15.3 Å². The smallest absolute Gasteiger partial charge is 0.371 e. The molecule has 1 fully saturated rings. The summed E-state index contributed by atoms with van der Waals surface area (Å²) >= 11 is 0. The van der Waals surface area contributed by atoms with Crippen molar-refractivity contribution in [2.75, 3.05) is 23.3 Å². The Hall–Kier alpha value is -3.51. The van der Waals surface area contributed by atoms with Crippen molar-refractivity contribution in [1.29, 1.82) is 0 Å². The average molecular weight is 440 g/mol. The van der Waals surface area contributed by atoms with Crippen molar-refractivity contribution in [2.24, 2.45) is 0 Å². The molecular weight excluding hydrogens is 421 g/mol. The first-order chi connectivity index (χ1) is 14.6. The second kappa shape index (κ2) is 8.70. The van der Waals surface area contributed by atoms with Crippen molar-refractivity contribution < 1.29 is 23.0 Å². The summed E-state index contributed by atoms with van der Waals surface area (Å²) in [7, 11) is 0. The normalized spacial score (nSPS) is 15.0. The third-order valence-electron chi connectivity index (χ3n) is 5.06. The van der Waals surface area contributed by atoms with Crippen LogP contribution in [0.25, 0.3) is 0 Å². The van der Waals surface area contributed by atoms with E-state index >= 15 is 0 Å². The van der Waals surface area contributed by atoms with E-state index in [0.29, 0.717) is 38.1 Å². The lowest BCUT2D eigenvalue weighted by Crippen LogP contribution is -2.39. The van der Waals surface area contributed by atoms with Gasteiger partial charge < -0.3 is 10.2 Å². The molecule has 166 valence electrons. The van der Waals surface area contributed by atoms with Crippen LogP contribution >= 0.6 is 0 Å². The molecule has 1 aliphatic heterocycles. The Morgan fingerprint density at radius 3 is 2.16 bits per heavy atom. The standard InChI is InChI=1S/C18H19F3N6O4/c1-2-12-9-16(23-10-22-12)25-5-3-13(4-6-25)24-17-14(26(28)29)7-11(18(19,20)21)8-15(17)27(30)31/h7-10,13,24H,2-6H2,1H3. The third kappa shape index (κ3) is 4.98. The zero-order valence-corrected chi connectivity index (χ0v) is 16.4. The van der Waals surface area contributed by atoms with E-state index in [1.54, 1.807) is 0 Å². The monoisotopic (exact) mass is 440 g/mol. The van der Waals surface area contributed by atoms with E-state index < -0.39 is 44.7 Å². The van der Waals surface area contributed by atoms with Gasteiger partial charge in [0, 0.05) is 43.0 Å². The number of benzene rings is 1. The molecule has 0 unspecified atom stereocenters. The van der Waals surface area contributed by atoms with Crippen LogP contribution in [0.3, 0.4) is 0 Å². The van der Waals surface area contributed by atoms with Gasteiger partial charge >= 0.3 is 6.18 Å². The highest BCUT2D eigenvalue weighted by Crippen LogP contribution is 2.42. The van der Waals surface area contributed by atoms with Gasteiger partial charge in [-0.1, -0.05) is 6.92 Å². The highest BCUT2D eigenvalue weighted by Gasteiger charge is 2.38. The highest BCUT2D eigenvalue weighted by molar-refractivity contribution is 5.75. The topological polar surface area (TPSA) is 127 Å². The van der Waals surface area contributed by atoms with E-state index in [1.807, 2.05) is 17.9 Å². The number of nitrogens with zero attached hydrogens (tertiary/aromatic N) is 5. The summed E-state index contributed by atoms with van der Waals surface area (Å²) in [5, 5.41) is 25.5. The van der Waals surface area contributed by atoms with Gasteiger partial charge in [-0.2, -0.15) is 13.2 Å². The van der Waals surface area contributed by atoms with Gasteiger partial charge in [-0.3, -0.25) is 20.2 Å². The molecule has 31 heavy (non-hydrogen) atoms. The average Bonchev–Trinajstić information content (AvgIpc) is 2.73. The van der Waals surface area contributed by atoms with Crippen LogP contribution in [0.5, 0.6) is 0 Å². The summed E-state index contributed by atoms with van der Waals surface area (Å²) in [6, 6.07) is 2.10. The predicted molar refractivity (Wildman–Crippen MR) is 105 cm³/mol. The SMILES string of the molecule is CCc1cc(N2CCC(Nc3c([N+](=O)[O-])cc(C(F)(F)F)cc3[N+](=O)[O-])CC2)ncn1. The van der Waals surface area contributed by atoms with Crippen LogP contribution in [0.2, 0.25) is 0 Å². The van der Waals surface area contributed by atoms with Crippen molar-refractivity contribution in [1.82, 2.24) is 9.97 Å². The zero-order valence-electron chi connectivity index (χ0n) is 16.4. The van der Waals surface area contributed by atoms with Crippen LogP contribution in [-0.2, 0) is 12.6 Å². The molecule has 1 aromatic carbocycles. The Morgan fingerprint density at radius 2 is 1.68 bits per heavy atom. The number of nitrogens with one attached hydrogen (secondary N) is 1. The highest BCUT2D eigenvalue weighted by atomic mass is 19.4. The van der Waals surface area contributed by atoms with E-state index in [0.717, 1.165) is 17.9 Å². The van der Waals surface area contributed by atoms with Gasteiger partial charge in [-0.25, -0.2) is 9.97 Å². The number of hydrogen-bond acceptors (Lipinski definition) is 8. The summed E-state index contributed by atoms with van der Waals surface area (Å²) in [5.41, 5.74) is -3.04. The van der Waals surface area contributed by atoms with Gasteiger partial charge in [0.2, 0.25) is 0 Å². The minimum absolute atomic E-state index is 0.317. The van der Waals surface area contributed by atoms with Crippen LogP contribution in [0.1, 0.15) is 31.0 Å². The van der Waals surface area contributed by atoms with Crippen molar-refractivity contribution >= 4 is 22.9 Å². The molecule has 0 spiro atoms. The number of alkyl halides is 3. The van der Waals surface area contributed by atoms with Gasteiger partial charge in [0.25, 0.3) is 11.4 Å². The van der Waals surface area contributed by atoms with Crippen LogP contribution < -0.4 is 10.2 Å². The number of aryl methyl sites for hydroxylation is 1. The van der Waals surface area contributed by atoms with Gasteiger partial charge in [-0.05, 0) is 19.3 Å². The number of aromatic nitrogens is 2. The van der Waals surface area contributed by atoms with Crippen LogP contribution in [-0.4, -0.2) is 38.9 Å². The predicted octanol–water partition coefficient (Wildman–Crippen LogP) is 3.96. The Kier molecular flexibility index (Phi) is 6.22. The number of rotatable bonds is 6. The number of hydrogen-bond donors (Lipinski definition) is 1. The van der Waals surface area contributed by atoms with Gasteiger partial charge in [0.15, 0.2) is 5.69 Å². The maximum absolute atomic E-state index is 13.0. The maximum atomic E-state index is 13.0. The lowest BCUT2D eigenvalue weighted by atomic mass is 10.0. The fourth-order valence-corrected chi connectivity index (χ4v) is 3.42. The van der Waals surface area contributed by atoms with Crippen LogP contribution in [0.15, 0.2) is 24.5 Å². The quantitative estimate of drug-likeness (QED) is 0.528. The molecule has 0 aliphatic carbocycles. The van der Waals surface area contributed by atoms with E-state index in [9.17, 15) is 33.4 Å². The molecule has 0 radical (unpaired) electrons. The van der Waals surface area contributed by atoms with Gasteiger partial charge in [0.1, 0.15) is 12.1 Å². The number of halogens is 3. The van der Waals surface area contributed by atoms with Gasteiger partial charge in [0.05, 0.1) is 15.4 Å². The fourth-order valence-electron chi connectivity index (χ4n) is 3.42. The molecule has 0 saturated carbocycles. The van der Waals surface area contributed by atoms with E-state index in [4.69, 9.17) is 0 Å². The Balaban J connectivity index is 1.82. The van der Waals surface area contributed by atoms with E-state index in [1.165, 1.54) is 6.33 Å². The Labute approximate surface area is 174 Å². The summed E-state index contributed by atoms with van der Waals surface area (Å²) in [6.45, 7) is 2.99. The van der Waals surface area contributed by atoms with Crippen molar-refractivity contribution in [3.8, 4) is 0 Å². The Morgan fingerprint density at radius 1 is 1.10 bits per heavy atom. The first-order valence-electron chi connectivity index (χ1n) is 9.46.